The number of H-pyrrole nitrogens is 1. The van der Waals surface area contributed by atoms with Crippen molar-refractivity contribution in [3.05, 3.63) is 64.6 Å². The number of hydrogen-bond acceptors (Lipinski definition) is 4. The van der Waals surface area contributed by atoms with Crippen LogP contribution in [0.15, 0.2) is 53.5 Å². The smallest absolute Gasteiger partial charge is 0.249 e. The predicted molar refractivity (Wildman–Crippen MR) is 106 cm³/mol. The SMILES string of the molecule is Cl.Cl.O=c1ccc2c(Nc3ccc(CNC4CC4)cc3)ccnc2[nH]1. The molecule has 1 aliphatic carbocycles. The van der Waals surface area contributed by atoms with Gasteiger partial charge < -0.3 is 15.6 Å². The minimum absolute atomic E-state index is 0. The number of pyridine rings is 2. The van der Waals surface area contributed by atoms with E-state index in [4.69, 9.17) is 0 Å². The lowest BCUT2D eigenvalue weighted by Crippen LogP contribution is -2.15. The van der Waals surface area contributed by atoms with Crippen LogP contribution in [0.5, 0.6) is 0 Å². The Hall–Kier alpha value is -2.08. The fourth-order valence-corrected chi connectivity index (χ4v) is 2.58. The molecule has 0 unspecified atom stereocenters. The summed E-state index contributed by atoms with van der Waals surface area (Å²) in [6.07, 6.45) is 4.29. The number of aromatic amines is 1. The van der Waals surface area contributed by atoms with E-state index in [1.807, 2.05) is 6.07 Å². The fraction of sp³-hybridized carbons (Fsp3) is 0.222. The molecule has 0 bridgehead atoms. The molecule has 2 heterocycles. The Morgan fingerprint density at radius 2 is 1.80 bits per heavy atom. The number of nitrogens with one attached hydrogen (secondary N) is 3. The van der Waals surface area contributed by atoms with Crippen molar-refractivity contribution in [2.45, 2.75) is 25.4 Å². The number of nitrogens with zero attached hydrogens (tertiary/aromatic N) is 1. The molecule has 0 saturated heterocycles. The highest BCUT2D eigenvalue weighted by Crippen LogP contribution is 2.24. The highest BCUT2D eigenvalue weighted by atomic mass is 35.5. The maximum Gasteiger partial charge on any atom is 0.249 e. The minimum atomic E-state index is -0.144. The summed E-state index contributed by atoms with van der Waals surface area (Å²) in [5, 5.41) is 7.79. The molecule has 1 aromatic carbocycles. The Morgan fingerprint density at radius 3 is 2.52 bits per heavy atom. The Bertz CT molecular complexity index is 891. The standard InChI is InChI=1S/C18H18N4O.2ClH/c23-17-8-7-15-16(9-10-19-18(15)22-17)21-14-3-1-12(2-4-14)11-20-13-5-6-13;;/h1-4,7-10,13,20H,5-6,11H2,(H2,19,21,22,23);2*1H. The second-order valence-corrected chi connectivity index (χ2v) is 5.92. The van der Waals surface area contributed by atoms with Gasteiger partial charge in [0.2, 0.25) is 5.56 Å². The first-order valence-electron chi connectivity index (χ1n) is 7.85. The van der Waals surface area contributed by atoms with Crippen molar-refractivity contribution in [3.8, 4) is 0 Å². The zero-order valence-corrected chi connectivity index (χ0v) is 15.1. The molecule has 0 atom stereocenters. The number of fused-ring (bicyclic) bond motifs is 1. The number of halogens is 2. The normalized spacial score (nSPS) is 13.0. The van der Waals surface area contributed by atoms with Crippen molar-refractivity contribution in [2.75, 3.05) is 5.32 Å². The van der Waals surface area contributed by atoms with Crippen LogP contribution in [0.3, 0.4) is 0 Å². The molecule has 1 fully saturated rings. The first-order chi connectivity index (χ1) is 11.3. The highest BCUT2D eigenvalue weighted by molar-refractivity contribution is 5.90. The molecule has 2 aromatic heterocycles. The van der Waals surface area contributed by atoms with Crippen LogP contribution < -0.4 is 16.2 Å². The Kier molecular flexibility index (Phi) is 6.42. The van der Waals surface area contributed by atoms with Crippen LogP contribution in [0.1, 0.15) is 18.4 Å². The van der Waals surface area contributed by atoms with Crippen LogP contribution in [-0.4, -0.2) is 16.0 Å². The molecule has 3 aromatic rings. The molecule has 25 heavy (non-hydrogen) atoms. The van der Waals surface area contributed by atoms with E-state index in [1.54, 1.807) is 12.3 Å². The van der Waals surface area contributed by atoms with Gasteiger partial charge in [-0.15, -0.1) is 24.8 Å². The van der Waals surface area contributed by atoms with Crippen LogP contribution in [0.2, 0.25) is 0 Å². The summed E-state index contributed by atoms with van der Waals surface area (Å²) in [5.41, 5.74) is 3.67. The van der Waals surface area contributed by atoms with Gasteiger partial charge in [0, 0.05) is 35.9 Å². The molecule has 1 saturated carbocycles. The first-order valence-corrected chi connectivity index (χ1v) is 7.85. The number of aromatic nitrogens is 2. The van der Waals surface area contributed by atoms with Crippen LogP contribution >= 0.6 is 24.8 Å². The molecule has 0 amide bonds. The second-order valence-electron chi connectivity index (χ2n) is 5.92. The van der Waals surface area contributed by atoms with Crippen LogP contribution in [0.25, 0.3) is 11.0 Å². The third-order valence-electron chi connectivity index (χ3n) is 4.04. The molecule has 0 aliphatic heterocycles. The summed E-state index contributed by atoms with van der Waals surface area (Å²) < 4.78 is 0. The van der Waals surface area contributed by atoms with Gasteiger partial charge in [-0.1, -0.05) is 12.1 Å². The van der Waals surface area contributed by atoms with Crippen molar-refractivity contribution in [1.29, 1.82) is 0 Å². The van der Waals surface area contributed by atoms with Gasteiger partial charge in [0.15, 0.2) is 0 Å². The van der Waals surface area contributed by atoms with Gasteiger partial charge in [-0.05, 0) is 42.7 Å². The van der Waals surface area contributed by atoms with Gasteiger partial charge in [0.25, 0.3) is 0 Å². The number of hydrogen-bond donors (Lipinski definition) is 3. The Labute approximate surface area is 158 Å². The van der Waals surface area contributed by atoms with Gasteiger partial charge in [-0.3, -0.25) is 4.79 Å². The van der Waals surface area contributed by atoms with E-state index in [2.05, 4.69) is 44.9 Å². The maximum absolute atomic E-state index is 11.4. The number of anilines is 2. The third-order valence-corrected chi connectivity index (χ3v) is 4.04. The van der Waals surface area contributed by atoms with E-state index < -0.39 is 0 Å². The fourth-order valence-electron chi connectivity index (χ4n) is 2.58. The summed E-state index contributed by atoms with van der Waals surface area (Å²) in [6.45, 7) is 0.921. The van der Waals surface area contributed by atoms with Crippen LogP contribution in [-0.2, 0) is 6.54 Å². The Balaban J connectivity index is 0.00000113. The zero-order chi connectivity index (χ0) is 15.6. The summed E-state index contributed by atoms with van der Waals surface area (Å²) in [6, 6.07) is 14.3. The molecule has 3 N–H and O–H groups in total. The van der Waals surface area contributed by atoms with Crippen molar-refractivity contribution < 1.29 is 0 Å². The van der Waals surface area contributed by atoms with Crippen molar-refractivity contribution in [1.82, 2.24) is 15.3 Å². The third kappa shape index (κ3) is 4.72. The van der Waals surface area contributed by atoms with E-state index >= 15 is 0 Å². The lowest BCUT2D eigenvalue weighted by atomic mass is 10.2. The van der Waals surface area contributed by atoms with E-state index in [1.165, 1.54) is 24.5 Å². The van der Waals surface area contributed by atoms with E-state index in [0.29, 0.717) is 5.65 Å². The van der Waals surface area contributed by atoms with Crippen LogP contribution in [0, 0.1) is 0 Å². The van der Waals surface area contributed by atoms with E-state index in [-0.39, 0.29) is 30.4 Å². The van der Waals surface area contributed by atoms with Crippen molar-refractivity contribution in [3.63, 3.8) is 0 Å². The van der Waals surface area contributed by atoms with Crippen molar-refractivity contribution >= 4 is 47.2 Å². The van der Waals surface area contributed by atoms with Gasteiger partial charge >= 0.3 is 0 Å². The average molecular weight is 379 g/mol. The van der Waals surface area contributed by atoms with Crippen molar-refractivity contribution in [2.24, 2.45) is 0 Å². The largest absolute Gasteiger partial charge is 0.355 e. The molecule has 0 spiro atoms. The second kappa shape index (κ2) is 8.34. The maximum atomic E-state index is 11.4. The van der Waals surface area contributed by atoms with Gasteiger partial charge in [-0.25, -0.2) is 4.98 Å². The minimum Gasteiger partial charge on any atom is -0.355 e. The number of benzene rings is 1. The van der Waals surface area contributed by atoms with Crippen LogP contribution in [0.4, 0.5) is 11.4 Å². The molecule has 7 heteroatoms. The molecule has 132 valence electrons. The van der Waals surface area contributed by atoms with Gasteiger partial charge in [0.05, 0.1) is 5.69 Å². The quantitative estimate of drug-likeness (QED) is 0.631. The predicted octanol–water partition coefficient (Wildman–Crippen LogP) is 3.76. The number of rotatable bonds is 5. The molecule has 1 aliphatic rings. The molecular formula is C18H20Cl2N4O. The summed E-state index contributed by atoms with van der Waals surface area (Å²) >= 11 is 0. The molecular weight excluding hydrogens is 359 g/mol. The van der Waals surface area contributed by atoms with E-state index in [0.717, 1.165) is 29.3 Å². The van der Waals surface area contributed by atoms with Gasteiger partial charge in [-0.2, -0.15) is 0 Å². The summed E-state index contributed by atoms with van der Waals surface area (Å²) in [4.78, 5) is 18.3. The monoisotopic (exact) mass is 378 g/mol. The topological polar surface area (TPSA) is 69.8 Å². The first kappa shape index (κ1) is 19.2. The highest BCUT2D eigenvalue weighted by Gasteiger charge is 2.19. The molecule has 0 radical (unpaired) electrons. The molecule has 4 rings (SSSR count). The summed E-state index contributed by atoms with van der Waals surface area (Å²) in [7, 11) is 0. The lowest BCUT2D eigenvalue weighted by Gasteiger charge is -2.10. The van der Waals surface area contributed by atoms with Gasteiger partial charge in [0.1, 0.15) is 5.65 Å². The Morgan fingerprint density at radius 1 is 1.04 bits per heavy atom. The zero-order valence-electron chi connectivity index (χ0n) is 13.5. The average Bonchev–Trinajstić information content (AvgIpc) is 3.38. The lowest BCUT2D eigenvalue weighted by molar-refractivity contribution is 0.688. The summed E-state index contributed by atoms with van der Waals surface area (Å²) in [5.74, 6) is 0. The molecule has 5 nitrogen and oxygen atoms in total. The van der Waals surface area contributed by atoms with E-state index in [9.17, 15) is 4.79 Å².